The number of aryl methyl sites for hydroxylation is 1. The van der Waals surface area contributed by atoms with E-state index in [1.807, 2.05) is 36.4 Å². The van der Waals surface area contributed by atoms with Crippen molar-refractivity contribution in [1.29, 1.82) is 0 Å². The van der Waals surface area contributed by atoms with Gasteiger partial charge in [-0.2, -0.15) is 0 Å². The maximum Gasteiger partial charge on any atom is 0.257 e. The van der Waals surface area contributed by atoms with Gasteiger partial charge in [-0.25, -0.2) is 9.37 Å². The predicted molar refractivity (Wildman–Crippen MR) is 137 cm³/mol. The minimum atomic E-state index is -0.389. The van der Waals surface area contributed by atoms with Crippen LogP contribution in [0.5, 0.6) is 0 Å². The van der Waals surface area contributed by atoms with Crippen LogP contribution in [0.25, 0.3) is 11.3 Å². The number of hydrogen-bond donors (Lipinski definition) is 3. The summed E-state index contributed by atoms with van der Waals surface area (Å²) in [6.07, 6.45) is 3.36. The molecule has 2 aromatic heterocycles. The molecule has 2 heterocycles. The molecule has 4 aromatic rings. The highest BCUT2D eigenvalue weighted by atomic mass is 19.1. The number of pyridine rings is 1. The smallest absolute Gasteiger partial charge is 0.257 e. The largest absolute Gasteiger partial charge is 0.356 e. The number of H-pyrrole nitrogens is 1. The molecule has 2 unspecified atom stereocenters. The number of fused-ring (bicyclic) bond motifs is 2. The van der Waals surface area contributed by atoms with E-state index in [0.29, 0.717) is 16.9 Å². The summed E-state index contributed by atoms with van der Waals surface area (Å²) in [4.78, 5) is 34.1. The van der Waals surface area contributed by atoms with Crippen molar-refractivity contribution in [2.24, 2.45) is 11.3 Å². The Balaban J connectivity index is 1.38. The SMILES string of the molecule is Cc1cc(F)ccc1C(=O)Nc1cc(-c2[nH]c3c(c2Nc2ccccc2)C(=O)C2CC2(C)C3)ccn1. The number of anilines is 3. The van der Waals surface area contributed by atoms with Gasteiger partial charge in [-0.05, 0) is 73.2 Å². The number of aromatic amines is 1. The minimum absolute atomic E-state index is 0.0284. The fraction of sp³-hybridized carbons (Fsp3) is 0.207. The van der Waals surface area contributed by atoms with Gasteiger partial charge in [0, 0.05) is 34.6 Å². The molecule has 0 bridgehead atoms. The molecule has 1 saturated carbocycles. The first-order chi connectivity index (χ1) is 17.3. The Bertz CT molecular complexity index is 1530. The summed E-state index contributed by atoms with van der Waals surface area (Å²) in [5.41, 5.74) is 5.80. The van der Waals surface area contributed by atoms with Crippen LogP contribution in [-0.2, 0) is 6.42 Å². The predicted octanol–water partition coefficient (Wildman–Crippen LogP) is 6.29. The van der Waals surface area contributed by atoms with Crippen molar-refractivity contribution in [3.63, 3.8) is 0 Å². The lowest BCUT2D eigenvalue weighted by atomic mass is 9.87. The number of hydrogen-bond acceptors (Lipinski definition) is 4. The number of nitrogens with one attached hydrogen (secondary N) is 3. The zero-order valence-electron chi connectivity index (χ0n) is 20.0. The van der Waals surface area contributed by atoms with Gasteiger partial charge in [0.2, 0.25) is 0 Å². The molecular formula is C29H25FN4O2. The maximum absolute atomic E-state index is 13.5. The normalized spacial score (nSPS) is 19.9. The molecule has 6 rings (SSSR count). The molecule has 180 valence electrons. The van der Waals surface area contributed by atoms with E-state index >= 15 is 0 Å². The summed E-state index contributed by atoms with van der Waals surface area (Å²) >= 11 is 0. The van der Waals surface area contributed by atoms with Crippen molar-refractivity contribution in [2.45, 2.75) is 26.7 Å². The third-order valence-corrected chi connectivity index (χ3v) is 7.34. The number of carbonyl (C=O) groups is 2. The van der Waals surface area contributed by atoms with Crippen molar-refractivity contribution < 1.29 is 14.0 Å². The maximum atomic E-state index is 13.5. The summed E-state index contributed by atoms with van der Waals surface area (Å²) in [5.74, 6) is -0.154. The van der Waals surface area contributed by atoms with Crippen molar-refractivity contribution in [3.8, 4) is 11.3 Å². The standard InChI is InChI=1S/C29H25FN4O2/c1-16-12-18(30)8-9-20(16)28(36)34-23-13-17(10-11-31-23)25-26(32-19-6-4-3-5-7-19)24-22(33-25)15-29(2)14-21(29)27(24)35/h3-13,21,32-33H,14-15H2,1-2H3,(H,31,34,36). The molecule has 2 aliphatic carbocycles. The summed E-state index contributed by atoms with van der Waals surface area (Å²) in [6, 6.07) is 17.4. The average Bonchev–Trinajstić information content (AvgIpc) is 3.42. The fourth-order valence-electron chi connectivity index (χ4n) is 5.27. The van der Waals surface area contributed by atoms with Crippen LogP contribution in [0.2, 0.25) is 0 Å². The molecule has 1 fully saturated rings. The zero-order chi connectivity index (χ0) is 25.0. The number of Topliss-reactive ketones (excluding diaryl/α,β-unsaturated/α-hetero) is 1. The third kappa shape index (κ3) is 3.77. The summed E-state index contributed by atoms with van der Waals surface area (Å²) < 4.78 is 13.5. The second-order valence-electron chi connectivity index (χ2n) is 10.0. The highest BCUT2D eigenvalue weighted by Crippen LogP contribution is 2.60. The van der Waals surface area contributed by atoms with Crippen LogP contribution < -0.4 is 10.6 Å². The van der Waals surface area contributed by atoms with E-state index in [4.69, 9.17) is 0 Å². The van der Waals surface area contributed by atoms with Gasteiger partial charge in [0.1, 0.15) is 11.6 Å². The van der Waals surface area contributed by atoms with E-state index < -0.39 is 0 Å². The Hall–Kier alpha value is -4.26. The van der Waals surface area contributed by atoms with Crippen molar-refractivity contribution >= 4 is 28.9 Å². The molecule has 0 aliphatic heterocycles. The number of benzene rings is 2. The van der Waals surface area contributed by atoms with E-state index in [1.54, 1.807) is 19.2 Å². The Morgan fingerprint density at radius 1 is 1.14 bits per heavy atom. The Morgan fingerprint density at radius 2 is 1.94 bits per heavy atom. The third-order valence-electron chi connectivity index (χ3n) is 7.34. The van der Waals surface area contributed by atoms with Gasteiger partial charge < -0.3 is 15.6 Å². The molecule has 7 heteroatoms. The second kappa shape index (κ2) is 8.16. The molecule has 0 radical (unpaired) electrons. The Labute approximate surface area is 208 Å². The number of aromatic nitrogens is 2. The van der Waals surface area contributed by atoms with Crippen LogP contribution in [0.4, 0.5) is 21.6 Å². The van der Waals surface area contributed by atoms with E-state index in [1.165, 1.54) is 18.2 Å². The molecule has 2 atom stereocenters. The zero-order valence-corrected chi connectivity index (χ0v) is 20.0. The van der Waals surface area contributed by atoms with Crippen LogP contribution in [-0.4, -0.2) is 21.7 Å². The second-order valence-corrected chi connectivity index (χ2v) is 10.0. The molecule has 0 saturated heterocycles. The number of rotatable bonds is 5. The first-order valence-corrected chi connectivity index (χ1v) is 12.0. The number of halogens is 1. The topological polar surface area (TPSA) is 86.9 Å². The summed E-state index contributed by atoms with van der Waals surface area (Å²) in [5, 5.41) is 6.28. The van der Waals surface area contributed by atoms with Gasteiger partial charge in [0.05, 0.1) is 16.9 Å². The summed E-state index contributed by atoms with van der Waals surface area (Å²) in [6.45, 7) is 3.86. The van der Waals surface area contributed by atoms with Gasteiger partial charge in [-0.3, -0.25) is 9.59 Å². The highest BCUT2D eigenvalue weighted by molar-refractivity contribution is 6.10. The Kier molecular flexibility index (Phi) is 5.03. The molecule has 2 aliphatic rings. The average molecular weight is 481 g/mol. The van der Waals surface area contributed by atoms with E-state index in [2.05, 4.69) is 27.5 Å². The quantitative estimate of drug-likeness (QED) is 0.314. The van der Waals surface area contributed by atoms with Crippen molar-refractivity contribution in [3.05, 3.63) is 95.1 Å². The number of nitrogens with zero attached hydrogens (tertiary/aromatic N) is 1. The van der Waals surface area contributed by atoms with Gasteiger partial charge in [-0.15, -0.1) is 0 Å². The Morgan fingerprint density at radius 3 is 2.72 bits per heavy atom. The fourth-order valence-corrected chi connectivity index (χ4v) is 5.27. The lowest BCUT2D eigenvalue weighted by Crippen LogP contribution is -2.19. The minimum Gasteiger partial charge on any atom is -0.356 e. The van der Waals surface area contributed by atoms with Gasteiger partial charge in [0.15, 0.2) is 5.78 Å². The van der Waals surface area contributed by atoms with Crippen LogP contribution in [0.1, 0.15) is 45.3 Å². The molecule has 36 heavy (non-hydrogen) atoms. The first-order valence-electron chi connectivity index (χ1n) is 12.0. The van der Waals surface area contributed by atoms with E-state index in [-0.39, 0.29) is 28.8 Å². The van der Waals surface area contributed by atoms with Gasteiger partial charge >= 0.3 is 0 Å². The van der Waals surface area contributed by atoms with Gasteiger partial charge in [0.25, 0.3) is 5.91 Å². The number of amides is 1. The molecule has 3 N–H and O–H groups in total. The van der Waals surface area contributed by atoms with Crippen LogP contribution in [0, 0.1) is 24.1 Å². The van der Waals surface area contributed by atoms with Crippen LogP contribution in [0.15, 0.2) is 66.9 Å². The first kappa shape index (κ1) is 22.2. The molecule has 0 spiro atoms. The molecular weight excluding hydrogens is 455 g/mol. The lowest BCUT2D eigenvalue weighted by molar-refractivity contribution is 0.0940. The van der Waals surface area contributed by atoms with Crippen LogP contribution in [0.3, 0.4) is 0 Å². The van der Waals surface area contributed by atoms with Crippen LogP contribution >= 0.6 is 0 Å². The van der Waals surface area contributed by atoms with E-state index in [9.17, 15) is 14.0 Å². The lowest BCUT2D eigenvalue weighted by Gasteiger charge is -2.18. The molecule has 1 amide bonds. The monoisotopic (exact) mass is 480 g/mol. The number of ketones is 1. The molecule has 6 nitrogen and oxygen atoms in total. The highest BCUT2D eigenvalue weighted by Gasteiger charge is 2.58. The number of para-hydroxylation sites is 1. The molecule has 2 aromatic carbocycles. The van der Waals surface area contributed by atoms with Gasteiger partial charge in [-0.1, -0.05) is 25.1 Å². The van der Waals surface area contributed by atoms with E-state index in [0.717, 1.165) is 46.7 Å². The van der Waals surface area contributed by atoms with Crippen molar-refractivity contribution in [2.75, 3.05) is 10.6 Å². The van der Waals surface area contributed by atoms with Crippen molar-refractivity contribution in [1.82, 2.24) is 9.97 Å². The summed E-state index contributed by atoms with van der Waals surface area (Å²) in [7, 11) is 0. The number of carbonyl (C=O) groups excluding carboxylic acids is 2.